The Kier molecular flexibility index (Phi) is 1.99. The predicted octanol–water partition coefficient (Wildman–Crippen LogP) is 0.383. The molecule has 74 valence electrons. The van der Waals surface area contributed by atoms with Gasteiger partial charge in [-0.05, 0) is 5.21 Å². The molecule has 0 fully saturated rings. The topological polar surface area (TPSA) is 82.5 Å². The number of hydrogen-bond acceptors (Lipinski definition) is 6. The predicted molar refractivity (Wildman–Crippen MR) is 46.2 cm³/mol. The molecule has 0 atom stereocenters. The second-order valence-electron chi connectivity index (χ2n) is 3.21. The molecule has 0 aliphatic carbocycles. The van der Waals surface area contributed by atoms with Crippen molar-refractivity contribution in [3.05, 3.63) is 5.82 Å². The summed E-state index contributed by atoms with van der Waals surface area (Å²) in [5.74, 6) is 1.53. The third-order valence-corrected chi connectivity index (χ3v) is 1.66. The Hall–Kier alpha value is -1.79. The first-order valence-corrected chi connectivity index (χ1v) is 4.25. The van der Waals surface area contributed by atoms with Crippen molar-refractivity contribution >= 4 is 0 Å². The first-order chi connectivity index (χ1) is 6.66. The van der Waals surface area contributed by atoms with Gasteiger partial charge in [-0.3, -0.25) is 0 Å². The quantitative estimate of drug-likeness (QED) is 0.687. The Balaban J connectivity index is 2.33. The first-order valence-electron chi connectivity index (χ1n) is 4.25. The molecule has 0 N–H and O–H groups in total. The van der Waals surface area contributed by atoms with Crippen LogP contribution in [0.1, 0.15) is 25.6 Å². The summed E-state index contributed by atoms with van der Waals surface area (Å²) in [6, 6.07) is 0. The van der Waals surface area contributed by atoms with Crippen molar-refractivity contribution in [2.45, 2.75) is 19.8 Å². The first kappa shape index (κ1) is 8.79. The summed E-state index contributed by atoms with van der Waals surface area (Å²) in [4.78, 5) is 5.48. The van der Waals surface area contributed by atoms with E-state index in [4.69, 9.17) is 4.52 Å². The largest absolute Gasteiger partial charge is 0.330 e. The Morgan fingerprint density at radius 1 is 1.36 bits per heavy atom. The van der Waals surface area contributed by atoms with Gasteiger partial charge in [-0.15, -0.1) is 10.2 Å². The SMILES string of the molecule is CC(C)c1noc(-c2nnn(C)n2)n1. The third-order valence-electron chi connectivity index (χ3n) is 1.66. The zero-order valence-corrected chi connectivity index (χ0v) is 8.17. The summed E-state index contributed by atoms with van der Waals surface area (Å²) in [6.07, 6.45) is 0. The lowest BCUT2D eigenvalue weighted by molar-refractivity contribution is 0.416. The van der Waals surface area contributed by atoms with Crippen LogP contribution in [0.2, 0.25) is 0 Å². The summed E-state index contributed by atoms with van der Waals surface area (Å²) in [5.41, 5.74) is 0. The molecule has 7 heteroatoms. The Morgan fingerprint density at radius 3 is 2.64 bits per heavy atom. The molecule has 0 radical (unpaired) electrons. The van der Waals surface area contributed by atoms with Crippen LogP contribution in [-0.2, 0) is 7.05 Å². The fraction of sp³-hybridized carbons (Fsp3) is 0.571. The maximum atomic E-state index is 4.99. The molecule has 2 heterocycles. The number of nitrogens with zero attached hydrogens (tertiary/aromatic N) is 6. The van der Waals surface area contributed by atoms with Crippen molar-refractivity contribution in [2.24, 2.45) is 7.05 Å². The van der Waals surface area contributed by atoms with Crippen LogP contribution in [0, 0.1) is 0 Å². The molecule has 0 aliphatic rings. The van der Waals surface area contributed by atoms with Crippen LogP contribution in [0.4, 0.5) is 0 Å². The van der Waals surface area contributed by atoms with E-state index in [1.165, 1.54) is 4.80 Å². The van der Waals surface area contributed by atoms with Gasteiger partial charge < -0.3 is 4.52 Å². The lowest BCUT2D eigenvalue weighted by Gasteiger charge is -1.91. The zero-order chi connectivity index (χ0) is 10.1. The van der Waals surface area contributed by atoms with E-state index in [-0.39, 0.29) is 5.92 Å². The van der Waals surface area contributed by atoms with Gasteiger partial charge in [0, 0.05) is 5.92 Å². The minimum atomic E-state index is 0.226. The fourth-order valence-electron chi connectivity index (χ4n) is 0.930. The molecule has 0 saturated heterocycles. The van der Waals surface area contributed by atoms with Crippen LogP contribution in [0.15, 0.2) is 4.52 Å². The van der Waals surface area contributed by atoms with Crippen LogP contribution in [0.3, 0.4) is 0 Å². The molecule has 0 aliphatic heterocycles. The molecule has 7 nitrogen and oxygen atoms in total. The molecule has 0 unspecified atom stereocenters. The van der Waals surface area contributed by atoms with Crippen molar-refractivity contribution in [2.75, 3.05) is 0 Å². The van der Waals surface area contributed by atoms with Gasteiger partial charge in [0.15, 0.2) is 5.82 Å². The van der Waals surface area contributed by atoms with E-state index in [0.29, 0.717) is 17.5 Å². The van der Waals surface area contributed by atoms with E-state index in [2.05, 4.69) is 25.6 Å². The third kappa shape index (κ3) is 1.48. The van der Waals surface area contributed by atoms with Crippen LogP contribution in [-0.4, -0.2) is 30.3 Å². The summed E-state index contributed by atoms with van der Waals surface area (Å²) in [6.45, 7) is 3.97. The Labute approximate surface area is 80.1 Å². The van der Waals surface area contributed by atoms with E-state index >= 15 is 0 Å². The van der Waals surface area contributed by atoms with Gasteiger partial charge >= 0.3 is 0 Å². The molecule has 0 amide bonds. The van der Waals surface area contributed by atoms with E-state index < -0.39 is 0 Å². The van der Waals surface area contributed by atoms with E-state index in [9.17, 15) is 0 Å². The summed E-state index contributed by atoms with van der Waals surface area (Å²) >= 11 is 0. The minimum absolute atomic E-state index is 0.226. The lowest BCUT2D eigenvalue weighted by Crippen LogP contribution is -1.92. The number of aromatic nitrogens is 6. The van der Waals surface area contributed by atoms with Crippen molar-refractivity contribution in [1.29, 1.82) is 0 Å². The van der Waals surface area contributed by atoms with Gasteiger partial charge in [0.1, 0.15) is 0 Å². The van der Waals surface area contributed by atoms with Gasteiger partial charge in [0.2, 0.25) is 0 Å². The lowest BCUT2D eigenvalue weighted by atomic mass is 10.2. The fourth-order valence-corrected chi connectivity index (χ4v) is 0.930. The van der Waals surface area contributed by atoms with Gasteiger partial charge in [-0.25, -0.2) is 0 Å². The van der Waals surface area contributed by atoms with Crippen LogP contribution in [0.5, 0.6) is 0 Å². The molecular weight excluding hydrogens is 184 g/mol. The summed E-state index contributed by atoms with van der Waals surface area (Å²) in [7, 11) is 1.68. The maximum absolute atomic E-state index is 4.99. The Bertz CT molecular complexity index is 431. The highest BCUT2D eigenvalue weighted by Gasteiger charge is 2.15. The Morgan fingerprint density at radius 2 is 2.14 bits per heavy atom. The van der Waals surface area contributed by atoms with Gasteiger partial charge in [0.25, 0.3) is 11.7 Å². The van der Waals surface area contributed by atoms with Crippen LogP contribution in [0.25, 0.3) is 11.7 Å². The van der Waals surface area contributed by atoms with Gasteiger partial charge in [-0.1, -0.05) is 19.0 Å². The van der Waals surface area contributed by atoms with Crippen molar-refractivity contribution < 1.29 is 4.52 Å². The highest BCUT2D eigenvalue weighted by Crippen LogP contribution is 2.15. The molecule has 14 heavy (non-hydrogen) atoms. The van der Waals surface area contributed by atoms with Crippen molar-refractivity contribution in [1.82, 2.24) is 30.3 Å². The number of tetrazole rings is 1. The number of aryl methyl sites for hydroxylation is 1. The monoisotopic (exact) mass is 194 g/mol. The molecule has 0 bridgehead atoms. The van der Waals surface area contributed by atoms with E-state index in [0.717, 1.165) is 0 Å². The summed E-state index contributed by atoms with van der Waals surface area (Å²) < 4.78 is 4.99. The van der Waals surface area contributed by atoms with Crippen LogP contribution < -0.4 is 0 Å². The van der Waals surface area contributed by atoms with Gasteiger partial charge in [0.05, 0.1) is 7.05 Å². The highest BCUT2D eigenvalue weighted by atomic mass is 16.5. The minimum Gasteiger partial charge on any atom is -0.330 e. The second kappa shape index (κ2) is 3.17. The van der Waals surface area contributed by atoms with E-state index in [1.807, 2.05) is 13.8 Å². The average molecular weight is 194 g/mol. The second-order valence-corrected chi connectivity index (χ2v) is 3.21. The summed E-state index contributed by atoms with van der Waals surface area (Å²) in [5, 5.41) is 15.2. The molecule has 0 aromatic carbocycles. The molecule has 0 spiro atoms. The molecule has 0 saturated carbocycles. The maximum Gasteiger partial charge on any atom is 0.299 e. The highest BCUT2D eigenvalue weighted by molar-refractivity contribution is 5.36. The normalized spacial score (nSPS) is 11.1. The number of hydrogen-bond donors (Lipinski definition) is 0. The molecule has 2 aromatic rings. The van der Waals surface area contributed by atoms with Crippen molar-refractivity contribution in [3.8, 4) is 11.7 Å². The number of rotatable bonds is 2. The zero-order valence-electron chi connectivity index (χ0n) is 8.17. The molecule has 2 rings (SSSR count). The van der Waals surface area contributed by atoms with E-state index in [1.54, 1.807) is 7.05 Å². The molecule has 2 aromatic heterocycles. The van der Waals surface area contributed by atoms with Crippen molar-refractivity contribution in [3.63, 3.8) is 0 Å². The molecular formula is C7H10N6O. The van der Waals surface area contributed by atoms with Gasteiger partial charge in [-0.2, -0.15) is 9.78 Å². The van der Waals surface area contributed by atoms with Crippen LogP contribution >= 0.6 is 0 Å². The average Bonchev–Trinajstić information content (AvgIpc) is 2.70. The smallest absolute Gasteiger partial charge is 0.299 e. The standard InChI is InChI=1S/C7H10N6O/c1-4(2)5-8-7(14-11-5)6-9-12-13(3)10-6/h4H,1-3H3.